The van der Waals surface area contributed by atoms with Gasteiger partial charge in [0.15, 0.2) is 0 Å². The van der Waals surface area contributed by atoms with Crippen molar-refractivity contribution in [1.29, 1.82) is 0 Å². The van der Waals surface area contributed by atoms with Crippen LogP contribution in [-0.2, 0) is 9.59 Å². The first-order valence-electron chi connectivity index (χ1n) is 7.69. The highest BCUT2D eigenvalue weighted by Crippen LogP contribution is 2.40. The molecule has 1 aliphatic heterocycles. The summed E-state index contributed by atoms with van der Waals surface area (Å²) < 4.78 is 14.0. The standard InChI is InChI=1S/C19H15BrFNO2S/c1-11(2)25-17-16(12-6-8-14(21)9-7-12)18(23)22(19(17)24)15-5-3-4-13(20)10-15/h3-11H,1-2H3. The number of carbonyl (C=O) groups excluding carboxylic acids is 2. The van der Waals surface area contributed by atoms with Crippen molar-refractivity contribution < 1.29 is 14.0 Å². The van der Waals surface area contributed by atoms with E-state index in [0.717, 1.165) is 4.47 Å². The number of thioether (sulfide) groups is 1. The second kappa shape index (κ2) is 7.14. The molecule has 0 bridgehead atoms. The summed E-state index contributed by atoms with van der Waals surface area (Å²) in [6.45, 7) is 3.92. The van der Waals surface area contributed by atoms with Crippen LogP contribution in [0.4, 0.5) is 10.1 Å². The van der Waals surface area contributed by atoms with Gasteiger partial charge < -0.3 is 0 Å². The molecule has 1 heterocycles. The number of nitrogens with zero attached hydrogens (tertiary/aromatic N) is 1. The van der Waals surface area contributed by atoms with Gasteiger partial charge in [-0.3, -0.25) is 9.59 Å². The summed E-state index contributed by atoms with van der Waals surface area (Å²) in [5.41, 5.74) is 1.37. The maximum atomic E-state index is 13.3. The van der Waals surface area contributed by atoms with Crippen molar-refractivity contribution in [2.75, 3.05) is 4.90 Å². The molecule has 2 amide bonds. The highest BCUT2D eigenvalue weighted by Gasteiger charge is 2.40. The SMILES string of the molecule is CC(C)SC1=C(c2ccc(F)cc2)C(=O)N(c2cccc(Br)c2)C1=O. The summed E-state index contributed by atoms with van der Waals surface area (Å²) in [7, 11) is 0. The third kappa shape index (κ3) is 3.55. The van der Waals surface area contributed by atoms with E-state index in [9.17, 15) is 14.0 Å². The van der Waals surface area contributed by atoms with Crippen LogP contribution in [-0.4, -0.2) is 17.1 Å². The molecule has 0 saturated carbocycles. The average Bonchev–Trinajstić information content (AvgIpc) is 2.78. The second-order valence-corrected chi connectivity index (χ2v) is 8.31. The van der Waals surface area contributed by atoms with Crippen molar-refractivity contribution in [1.82, 2.24) is 0 Å². The van der Waals surface area contributed by atoms with Crippen molar-refractivity contribution in [3.63, 3.8) is 0 Å². The summed E-state index contributed by atoms with van der Waals surface area (Å²) in [5.74, 6) is -1.12. The predicted octanol–water partition coefficient (Wildman–Crippen LogP) is 5.01. The van der Waals surface area contributed by atoms with Crippen LogP contribution in [0.5, 0.6) is 0 Å². The van der Waals surface area contributed by atoms with E-state index < -0.39 is 5.91 Å². The maximum Gasteiger partial charge on any atom is 0.272 e. The molecule has 1 aliphatic rings. The Morgan fingerprint density at radius 1 is 1.04 bits per heavy atom. The number of benzene rings is 2. The van der Waals surface area contributed by atoms with Gasteiger partial charge in [0.05, 0.1) is 16.2 Å². The number of amides is 2. The number of hydrogen-bond acceptors (Lipinski definition) is 3. The Hall–Kier alpha value is -1.92. The van der Waals surface area contributed by atoms with Gasteiger partial charge in [0, 0.05) is 9.72 Å². The van der Waals surface area contributed by atoms with E-state index in [4.69, 9.17) is 0 Å². The Balaban J connectivity index is 2.11. The van der Waals surface area contributed by atoms with Crippen LogP contribution in [0, 0.1) is 5.82 Å². The molecule has 3 nitrogen and oxygen atoms in total. The van der Waals surface area contributed by atoms with Gasteiger partial charge in [-0.2, -0.15) is 0 Å². The summed E-state index contributed by atoms with van der Waals surface area (Å²) in [5, 5.41) is 0.129. The van der Waals surface area contributed by atoms with Gasteiger partial charge >= 0.3 is 0 Å². The Bertz CT molecular complexity index is 877. The highest BCUT2D eigenvalue weighted by atomic mass is 79.9. The molecule has 6 heteroatoms. The zero-order chi connectivity index (χ0) is 18.1. The minimum absolute atomic E-state index is 0.129. The molecule has 3 rings (SSSR count). The minimum atomic E-state index is -0.391. The fraction of sp³-hybridized carbons (Fsp3) is 0.158. The highest BCUT2D eigenvalue weighted by molar-refractivity contribution is 9.10. The van der Waals surface area contributed by atoms with Crippen LogP contribution in [0.1, 0.15) is 19.4 Å². The number of carbonyl (C=O) groups is 2. The van der Waals surface area contributed by atoms with Gasteiger partial charge in [-0.25, -0.2) is 9.29 Å². The Kier molecular flexibility index (Phi) is 5.11. The fourth-order valence-electron chi connectivity index (χ4n) is 2.58. The third-order valence-electron chi connectivity index (χ3n) is 3.59. The molecule has 0 aromatic heterocycles. The van der Waals surface area contributed by atoms with Crippen LogP contribution in [0.15, 0.2) is 57.9 Å². The Labute approximate surface area is 158 Å². The van der Waals surface area contributed by atoms with Crippen LogP contribution >= 0.6 is 27.7 Å². The van der Waals surface area contributed by atoms with Gasteiger partial charge in [-0.1, -0.05) is 48.0 Å². The van der Waals surface area contributed by atoms with Gasteiger partial charge in [0.25, 0.3) is 11.8 Å². The maximum absolute atomic E-state index is 13.3. The zero-order valence-electron chi connectivity index (χ0n) is 13.6. The summed E-state index contributed by atoms with van der Waals surface area (Å²) in [4.78, 5) is 27.6. The predicted molar refractivity (Wildman–Crippen MR) is 103 cm³/mol. The first kappa shape index (κ1) is 17.9. The molecule has 0 saturated heterocycles. The lowest BCUT2D eigenvalue weighted by molar-refractivity contribution is -0.119. The smallest absolute Gasteiger partial charge is 0.268 e. The molecule has 0 radical (unpaired) electrons. The van der Waals surface area contributed by atoms with E-state index in [1.54, 1.807) is 18.2 Å². The van der Waals surface area contributed by atoms with E-state index in [1.165, 1.54) is 40.9 Å². The van der Waals surface area contributed by atoms with Crippen molar-refractivity contribution in [2.24, 2.45) is 0 Å². The minimum Gasteiger partial charge on any atom is -0.268 e. The quantitative estimate of drug-likeness (QED) is 0.653. The van der Waals surface area contributed by atoms with E-state index >= 15 is 0 Å². The van der Waals surface area contributed by atoms with Gasteiger partial charge in [-0.05, 0) is 35.9 Å². The van der Waals surface area contributed by atoms with E-state index in [0.29, 0.717) is 21.7 Å². The summed E-state index contributed by atoms with van der Waals surface area (Å²) >= 11 is 4.71. The number of rotatable bonds is 4. The van der Waals surface area contributed by atoms with Gasteiger partial charge in [-0.15, -0.1) is 11.8 Å². The molecule has 0 aliphatic carbocycles. The fourth-order valence-corrected chi connectivity index (χ4v) is 3.95. The van der Waals surface area contributed by atoms with Crippen LogP contribution in [0.25, 0.3) is 5.57 Å². The van der Waals surface area contributed by atoms with Crippen LogP contribution in [0.2, 0.25) is 0 Å². The molecular weight excluding hydrogens is 405 g/mol. The van der Waals surface area contributed by atoms with E-state index in [2.05, 4.69) is 15.9 Å². The zero-order valence-corrected chi connectivity index (χ0v) is 16.0. The lowest BCUT2D eigenvalue weighted by atomic mass is 10.1. The summed E-state index contributed by atoms with van der Waals surface area (Å²) in [6, 6.07) is 12.7. The van der Waals surface area contributed by atoms with Crippen LogP contribution < -0.4 is 4.90 Å². The van der Waals surface area contributed by atoms with Crippen molar-refractivity contribution >= 4 is 50.8 Å². The summed E-state index contributed by atoms with van der Waals surface area (Å²) in [6.07, 6.45) is 0. The lowest BCUT2D eigenvalue weighted by Gasteiger charge is -2.15. The van der Waals surface area contributed by atoms with E-state index in [1.807, 2.05) is 19.9 Å². The van der Waals surface area contributed by atoms with Gasteiger partial charge in [0.2, 0.25) is 0 Å². The van der Waals surface area contributed by atoms with Crippen molar-refractivity contribution in [3.8, 4) is 0 Å². The molecule has 2 aromatic carbocycles. The number of halogens is 2. The molecule has 0 N–H and O–H groups in total. The molecule has 25 heavy (non-hydrogen) atoms. The largest absolute Gasteiger partial charge is 0.272 e. The first-order valence-corrected chi connectivity index (χ1v) is 9.37. The Morgan fingerprint density at radius 3 is 2.32 bits per heavy atom. The number of imide groups is 1. The van der Waals surface area contributed by atoms with Crippen molar-refractivity contribution in [2.45, 2.75) is 19.1 Å². The monoisotopic (exact) mass is 419 g/mol. The molecule has 2 aromatic rings. The average molecular weight is 420 g/mol. The second-order valence-electron chi connectivity index (χ2n) is 5.80. The lowest BCUT2D eigenvalue weighted by Crippen LogP contribution is -2.31. The molecular formula is C19H15BrFNO2S. The first-order chi connectivity index (χ1) is 11.9. The molecule has 0 fully saturated rings. The molecule has 0 spiro atoms. The topological polar surface area (TPSA) is 37.4 Å². The number of hydrogen-bond donors (Lipinski definition) is 0. The molecule has 128 valence electrons. The molecule has 0 unspecified atom stereocenters. The third-order valence-corrected chi connectivity index (χ3v) is 5.17. The number of anilines is 1. The van der Waals surface area contributed by atoms with Gasteiger partial charge in [0.1, 0.15) is 5.82 Å². The van der Waals surface area contributed by atoms with Crippen molar-refractivity contribution in [3.05, 3.63) is 69.3 Å². The normalized spacial score (nSPS) is 14.8. The van der Waals surface area contributed by atoms with E-state index in [-0.39, 0.29) is 17.0 Å². The van der Waals surface area contributed by atoms with Crippen LogP contribution in [0.3, 0.4) is 0 Å². The Morgan fingerprint density at radius 2 is 1.72 bits per heavy atom. The molecule has 0 atom stereocenters.